The SMILES string of the molecule is COc1cc(CCCCCC=C2NC(=O)OC2=O)ccc1OCc1nc(-c2ccccc2)oc1C. The molecule has 1 aromatic heterocycles. The van der Waals surface area contributed by atoms with E-state index >= 15 is 0 Å². The van der Waals surface area contributed by atoms with Crippen LogP contribution >= 0.6 is 0 Å². The number of ether oxygens (including phenoxy) is 3. The van der Waals surface area contributed by atoms with E-state index in [1.165, 1.54) is 0 Å². The maximum Gasteiger partial charge on any atom is 0.419 e. The molecule has 0 radical (unpaired) electrons. The smallest absolute Gasteiger partial charge is 0.419 e. The molecule has 1 aliphatic heterocycles. The molecule has 0 bridgehead atoms. The predicted octanol–water partition coefficient (Wildman–Crippen LogP) is 5.49. The third kappa shape index (κ3) is 6.29. The van der Waals surface area contributed by atoms with Crippen molar-refractivity contribution in [3.8, 4) is 23.0 Å². The van der Waals surface area contributed by atoms with Crippen molar-refractivity contribution < 1.29 is 28.2 Å². The summed E-state index contributed by atoms with van der Waals surface area (Å²) in [6.45, 7) is 2.16. The number of unbranched alkanes of at least 4 members (excludes halogenated alkanes) is 3. The van der Waals surface area contributed by atoms with Crippen LogP contribution in [0.25, 0.3) is 11.5 Å². The number of methoxy groups -OCH3 is 1. The second-order valence-electron chi connectivity index (χ2n) is 8.18. The van der Waals surface area contributed by atoms with Gasteiger partial charge in [0.15, 0.2) is 11.5 Å². The molecule has 1 N–H and O–H groups in total. The lowest BCUT2D eigenvalue weighted by Gasteiger charge is -2.12. The minimum atomic E-state index is -0.712. The van der Waals surface area contributed by atoms with E-state index in [1.54, 1.807) is 13.2 Å². The van der Waals surface area contributed by atoms with E-state index in [4.69, 9.17) is 13.9 Å². The Labute approximate surface area is 203 Å². The Morgan fingerprint density at radius 1 is 1.03 bits per heavy atom. The van der Waals surface area contributed by atoms with Crippen molar-refractivity contribution >= 4 is 12.1 Å². The number of esters is 1. The van der Waals surface area contributed by atoms with Gasteiger partial charge in [0.05, 0.1) is 7.11 Å². The van der Waals surface area contributed by atoms with Crippen LogP contribution < -0.4 is 14.8 Å². The summed E-state index contributed by atoms with van der Waals surface area (Å²) in [7, 11) is 1.63. The summed E-state index contributed by atoms with van der Waals surface area (Å²) in [5, 5.41) is 2.39. The van der Waals surface area contributed by atoms with Crippen molar-refractivity contribution in [1.29, 1.82) is 0 Å². The van der Waals surface area contributed by atoms with Crippen LogP contribution in [0.1, 0.15) is 42.7 Å². The van der Waals surface area contributed by atoms with Gasteiger partial charge in [-0.3, -0.25) is 5.32 Å². The minimum Gasteiger partial charge on any atom is -0.493 e. The summed E-state index contributed by atoms with van der Waals surface area (Å²) in [5.74, 6) is 2.01. The molecule has 1 saturated heterocycles. The number of amides is 1. The van der Waals surface area contributed by atoms with E-state index in [-0.39, 0.29) is 12.3 Å². The van der Waals surface area contributed by atoms with Crippen LogP contribution in [-0.4, -0.2) is 24.2 Å². The Kier molecular flexibility index (Phi) is 7.82. The molecule has 0 spiro atoms. The van der Waals surface area contributed by atoms with Crippen molar-refractivity contribution in [1.82, 2.24) is 10.3 Å². The summed E-state index contributed by atoms with van der Waals surface area (Å²) in [4.78, 5) is 27.0. The van der Waals surface area contributed by atoms with E-state index < -0.39 is 12.1 Å². The van der Waals surface area contributed by atoms with Gasteiger partial charge in [-0.05, 0) is 62.4 Å². The molecule has 0 unspecified atom stereocenters. The van der Waals surface area contributed by atoms with Crippen molar-refractivity contribution in [3.05, 3.63) is 77.3 Å². The average Bonchev–Trinajstić information content (AvgIpc) is 3.40. The van der Waals surface area contributed by atoms with Crippen LogP contribution in [0.15, 0.2) is 64.7 Å². The fourth-order valence-corrected chi connectivity index (χ4v) is 3.76. The van der Waals surface area contributed by atoms with Gasteiger partial charge in [-0.25, -0.2) is 14.6 Å². The molecule has 0 atom stereocenters. The lowest BCUT2D eigenvalue weighted by molar-refractivity contribution is -0.130. The molecular weight excluding hydrogens is 448 g/mol. The molecule has 1 amide bonds. The zero-order valence-corrected chi connectivity index (χ0v) is 19.8. The number of benzene rings is 2. The van der Waals surface area contributed by atoms with Gasteiger partial charge in [0.1, 0.15) is 23.8 Å². The number of rotatable bonds is 11. The van der Waals surface area contributed by atoms with Gasteiger partial charge in [0.2, 0.25) is 5.89 Å². The van der Waals surface area contributed by atoms with E-state index in [0.717, 1.165) is 48.3 Å². The second-order valence-corrected chi connectivity index (χ2v) is 8.18. The Hall–Kier alpha value is -4.07. The number of aromatic nitrogens is 1. The number of cyclic esters (lactones) is 2. The maximum absolute atomic E-state index is 11.4. The number of aryl methyl sites for hydroxylation is 2. The van der Waals surface area contributed by atoms with Crippen LogP contribution in [0.4, 0.5) is 4.79 Å². The predicted molar refractivity (Wildman–Crippen MR) is 129 cm³/mol. The molecule has 0 saturated carbocycles. The molecule has 182 valence electrons. The number of carbonyl (C=O) groups excluding carboxylic acids is 2. The Morgan fingerprint density at radius 2 is 1.86 bits per heavy atom. The maximum atomic E-state index is 11.4. The number of hydrogen-bond donors (Lipinski definition) is 1. The van der Waals surface area contributed by atoms with Gasteiger partial charge >= 0.3 is 12.1 Å². The summed E-state index contributed by atoms with van der Waals surface area (Å²) >= 11 is 0. The van der Waals surface area contributed by atoms with Crippen molar-refractivity contribution in [2.45, 2.75) is 45.6 Å². The molecule has 1 aliphatic rings. The van der Waals surface area contributed by atoms with Crippen LogP contribution in [0.5, 0.6) is 11.5 Å². The highest BCUT2D eigenvalue weighted by Crippen LogP contribution is 2.30. The van der Waals surface area contributed by atoms with Gasteiger partial charge in [0, 0.05) is 5.56 Å². The zero-order chi connectivity index (χ0) is 24.6. The molecule has 0 aliphatic carbocycles. The van der Waals surface area contributed by atoms with Crippen LogP contribution in [0, 0.1) is 6.92 Å². The fraction of sp³-hybridized carbons (Fsp3) is 0.296. The van der Waals surface area contributed by atoms with Crippen LogP contribution in [0.2, 0.25) is 0 Å². The van der Waals surface area contributed by atoms with E-state index in [1.807, 2.05) is 55.5 Å². The zero-order valence-electron chi connectivity index (χ0n) is 19.8. The molecule has 8 heteroatoms. The first-order valence-corrected chi connectivity index (χ1v) is 11.6. The quantitative estimate of drug-likeness (QED) is 0.169. The molecule has 2 heterocycles. The number of nitrogens with one attached hydrogen (secondary N) is 1. The highest BCUT2D eigenvalue weighted by molar-refractivity contribution is 6.03. The number of carbonyl (C=O) groups is 2. The Balaban J connectivity index is 1.26. The fourth-order valence-electron chi connectivity index (χ4n) is 3.76. The van der Waals surface area contributed by atoms with Gasteiger partial charge < -0.3 is 18.6 Å². The van der Waals surface area contributed by atoms with Gasteiger partial charge in [-0.2, -0.15) is 0 Å². The molecule has 2 aromatic carbocycles. The number of alkyl carbamates (subject to hydrolysis) is 1. The van der Waals surface area contributed by atoms with Gasteiger partial charge in [0.25, 0.3) is 0 Å². The van der Waals surface area contributed by atoms with Crippen LogP contribution in [0.3, 0.4) is 0 Å². The third-order valence-electron chi connectivity index (χ3n) is 5.67. The van der Waals surface area contributed by atoms with E-state index in [9.17, 15) is 9.59 Å². The first-order chi connectivity index (χ1) is 17.0. The lowest BCUT2D eigenvalue weighted by atomic mass is 10.1. The molecular formula is C27H28N2O6. The highest BCUT2D eigenvalue weighted by Gasteiger charge is 2.25. The largest absolute Gasteiger partial charge is 0.493 e. The summed E-state index contributed by atoms with van der Waals surface area (Å²) in [6.07, 6.45) is 5.49. The number of oxazole rings is 1. The number of nitrogens with zero attached hydrogens (tertiary/aromatic N) is 1. The average molecular weight is 477 g/mol. The highest BCUT2D eigenvalue weighted by atomic mass is 16.6. The molecule has 8 nitrogen and oxygen atoms in total. The molecule has 4 rings (SSSR count). The molecule has 35 heavy (non-hydrogen) atoms. The monoisotopic (exact) mass is 476 g/mol. The first-order valence-electron chi connectivity index (χ1n) is 11.6. The van der Waals surface area contributed by atoms with E-state index in [0.29, 0.717) is 23.8 Å². The summed E-state index contributed by atoms with van der Waals surface area (Å²) < 4.78 is 21.8. The van der Waals surface area contributed by atoms with Gasteiger partial charge in [-0.15, -0.1) is 0 Å². The third-order valence-corrected chi connectivity index (χ3v) is 5.67. The molecule has 1 fully saturated rings. The second kappa shape index (κ2) is 11.4. The molecule has 3 aromatic rings. The van der Waals surface area contributed by atoms with Crippen LogP contribution in [-0.2, 0) is 22.6 Å². The van der Waals surface area contributed by atoms with Crippen molar-refractivity contribution in [2.24, 2.45) is 0 Å². The van der Waals surface area contributed by atoms with Gasteiger partial charge in [-0.1, -0.05) is 36.8 Å². The summed E-state index contributed by atoms with van der Waals surface area (Å²) in [5.41, 5.74) is 3.05. The first kappa shape index (κ1) is 24.1. The minimum absolute atomic E-state index is 0.229. The van der Waals surface area contributed by atoms with Crippen molar-refractivity contribution in [3.63, 3.8) is 0 Å². The normalized spacial score (nSPS) is 14.2. The number of allylic oxidation sites excluding steroid dienone is 1. The Morgan fingerprint density at radius 3 is 2.60 bits per heavy atom. The van der Waals surface area contributed by atoms with E-state index in [2.05, 4.69) is 15.0 Å². The Bertz CT molecular complexity index is 1220. The topological polar surface area (TPSA) is 99.9 Å². The standard InChI is InChI=1S/C27H28N2O6/c1-18-22(28-25(34-18)20-11-7-5-8-12-20)17-33-23-15-14-19(16-24(23)32-2)10-6-3-4-9-13-21-26(30)35-27(31)29-21/h5,7-8,11-16H,3-4,6,9-10,17H2,1-2H3,(H,29,31). The summed E-state index contributed by atoms with van der Waals surface area (Å²) in [6, 6.07) is 15.7. The lowest BCUT2D eigenvalue weighted by Crippen LogP contribution is -2.11. The number of hydrogen-bond acceptors (Lipinski definition) is 7. The van der Waals surface area contributed by atoms with Crippen molar-refractivity contribution in [2.75, 3.05) is 7.11 Å².